The molecule has 0 aliphatic carbocycles. The van der Waals surface area contributed by atoms with Crippen LogP contribution in [0.5, 0.6) is 0 Å². The van der Waals surface area contributed by atoms with Crippen LogP contribution in [0.25, 0.3) is 32.3 Å². The fourth-order valence-corrected chi connectivity index (χ4v) is 14.9. The van der Waals surface area contributed by atoms with Crippen molar-refractivity contribution < 1.29 is 0 Å². The molecule has 6 heteroatoms. The fourth-order valence-electron chi connectivity index (χ4n) is 10.6. The maximum Gasteiger partial charge on any atom is 0.343 e. The van der Waals surface area contributed by atoms with E-state index in [4.69, 9.17) is 0 Å². The summed E-state index contributed by atoms with van der Waals surface area (Å²) >= 11 is 1.97. The smallest absolute Gasteiger partial charge is 0.343 e. The van der Waals surface area contributed by atoms with Crippen LogP contribution in [-0.2, 0) is 5.41 Å². The number of thiophene rings is 1. The molecule has 3 nitrogen and oxygen atoms in total. The van der Waals surface area contributed by atoms with Gasteiger partial charge in [0.1, 0.15) is 8.07 Å². The topological polar surface area (TPSA) is 9.72 Å². The Morgan fingerprint density at radius 3 is 1.89 bits per heavy atom. The number of nitrogens with zero attached hydrogens (tertiary/aromatic N) is 3. The van der Waals surface area contributed by atoms with Crippen molar-refractivity contribution in [3.05, 3.63) is 194 Å². The number of hydrogen-bond donors (Lipinski definition) is 0. The van der Waals surface area contributed by atoms with Crippen LogP contribution in [0.3, 0.4) is 0 Å². The first-order valence-electron chi connectivity index (χ1n) is 21.8. The molecule has 1 aromatic heterocycles. The van der Waals surface area contributed by atoms with E-state index in [2.05, 4.69) is 237 Å². The minimum atomic E-state index is -2.10. The van der Waals surface area contributed by atoms with Gasteiger partial charge in [0.05, 0.1) is 11.4 Å². The molecule has 62 heavy (non-hydrogen) atoms. The lowest BCUT2D eigenvalue weighted by Crippen LogP contribution is -2.68. The van der Waals surface area contributed by atoms with Gasteiger partial charge in [-0.25, -0.2) is 0 Å². The predicted octanol–water partition coefficient (Wildman–Crippen LogP) is 13.2. The van der Waals surface area contributed by atoms with Crippen LogP contribution in [-0.4, -0.2) is 14.9 Å². The van der Waals surface area contributed by atoms with Crippen molar-refractivity contribution in [1.29, 1.82) is 0 Å². The largest absolute Gasteiger partial charge is 0.376 e. The maximum absolute atomic E-state index is 2.75. The van der Waals surface area contributed by atoms with E-state index in [-0.39, 0.29) is 12.3 Å². The minimum absolute atomic E-state index is 0.0274. The maximum atomic E-state index is 2.75. The first-order chi connectivity index (χ1) is 30.2. The summed E-state index contributed by atoms with van der Waals surface area (Å²) in [4.78, 5) is 7.85. The second kappa shape index (κ2) is 13.7. The first-order valence-corrected chi connectivity index (χ1v) is 25.6. The van der Waals surface area contributed by atoms with E-state index in [0.717, 1.165) is 17.1 Å². The molecular formula is C56H46BN3SSi. The van der Waals surface area contributed by atoms with Crippen LogP contribution in [0.15, 0.2) is 188 Å². The van der Waals surface area contributed by atoms with E-state index in [1.54, 1.807) is 0 Å². The second-order valence-corrected chi connectivity index (χ2v) is 24.0. The molecule has 0 amide bonds. The van der Waals surface area contributed by atoms with Crippen LogP contribution in [0, 0.1) is 0 Å². The van der Waals surface area contributed by atoms with Crippen molar-refractivity contribution in [3.63, 3.8) is 0 Å². The third kappa shape index (κ3) is 5.43. The Balaban J connectivity index is 1.26. The molecule has 9 aromatic rings. The zero-order chi connectivity index (χ0) is 41.9. The second-order valence-electron chi connectivity index (χ2n) is 18.5. The van der Waals surface area contributed by atoms with Crippen molar-refractivity contribution in [2.45, 2.75) is 39.3 Å². The number of hydrogen-bond acceptors (Lipinski definition) is 4. The Morgan fingerprint density at radius 1 is 0.516 bits per heavy atom. The van der Waals surface area contributed by atoms with Gasteiger partial charge < -0.3 is 14.6 Å². The Morgan fingerprint density at radius 2 is 1.16 bits per heavy atom. The fraction of sp³-hybridized carbons (Fsp3) is 0.107. The van der Waals surface area contributed by atoms with Gasteiger partial charge in [0, 0.05) is 60.1 Å². The molecule has 12 rings (SSSR count). The number of benzene rings is 8. The molecule has 0 N–H and O–H groups in total. The molecular weight excluding hydrogens is 786 g/mol. The Hall–Kier alpha value is -6.60. The Bertz CT molecular complexity index is 3190. The van der Waals surface area contributed by atoms with Crippen LogP contribution in [0.1, 0.15) is 26.3 Å². The first kappa shape index (κ1) is 37.2. The summed E-state index contributed by atoms with van der Waals surface area (Å²) in [6.45, 7) is 12.0. The summed E-state index contributed by atoms with van der Waals surface area (Å²) in [6.07, 6.45) is 0. The summed E-state index contributed by atoms with van der Waals surface area (Å²) in [6, 6.07) is 70.6. The summed E-state index contributed by atoms with van der Waals surface area (Å²) in [7, 11) is -2.10. The van der Waals surface area contributed by atoms with Gasteiger partial charge in [-0.1, -0.05) is 161 Å². The molecule has 0 unspecified atom stereocenters. The third-order valence-corrected chi connectivity index (χ3v) is 18.3. The monoisotopic (exact) mass is 831 g/mol. The molecule has 0 radical (unpaired) electrons. The van der Waals surface area contributed by atoms with Gasteiger partial charge in [-0.05, 0) is 98.6 Å². The van der Waals surface area contributed by atoms with E-state index >= 15 is 0 Å². The lowest BCUT2D eigenvalue weighted by Gasteiger charge is -2.50. The molecule has 298 valence electrons. The Labute approximate surface area is 370 Å². The lowest BCUT2D eigenvalue weighted by atomic mass is 9.46. The average molecular weight is 832 g/mol. The van der Waals surface area contributed by atoms with E-state index in [9.17, 15) is 0 Å². The third-order valence-electron chi connectivity index (χ3n) is 13.5. The molecule has 0 atom stereocenters. The number of para-hydroxylation sites is 4. The van der Waals surface area contributed by atoms with Crippen molar-refractivity contribution in [1.82, 2.24) is 0 Å². The van der Waals surface area contributed by atoms with Gasteiger partial charge in [0.15, 0.2) is 0 Å². The van der Waals surface area contributed by atoms with Crippen molar-refractivity contribution >= 4 is 102 Å². The summed E-state index contributed by atoms with van der Waals surface area (Å²) in [5.74, 6) is 0. The molecule has 0 saturated carbocycles. The highest BCUT2D eigenvalue weighted by molar-refractivity contribution is 7.32. The zero-order valence-corrected chi connectivity index (χ0v) is 37.5. The van der Waals surface area contributed by atoms with Crippen molar-refractivity contribution in [2.75, 3.05) is 14.6 Å². The van der Waals surface area contributed by atoms with Crippen LogP contribution in [0.4, 0.5) is 45.5 Å². The molecule has 4 heterocycles. The van der Waals surface area contributed by atoms with Gasteiger partial charge >= 0.3 is 6.85 Å². The molecule has 0 saturated heterocycles. The minimum Gasteiger partial charge on any atom is -0.376 e. The standard InChI is InChI=1S/C56H46BN3SSi/c1-56(2,3)38-32-33-46(44(34-38)37-20-9-6-10-21-37)59-48-36-41(58(39-22-11-7-12-23-39)40-24-13-8-14-25-40)35-45-42-27-19-31-51-53(42)60(47-28-16-18-30-50(47)62(51,4)5)57(52(45)48)55-54(59)43-26-15-17-29-49(43)61-55/h6-36H,1-5H3. The summed E-state index contributed by atoms with van der Waals surface area (Å²) < 4.78 is 2.69. The molecule has 0 spiro atoms. The van der Waals surface area contributed by atoms with E-state index in [1.807, 2.05) is 11.3 Å². The quantitative estimate of drug-likeness (QED) is 0.160. The highest BCUT2D eigenvalue weighted by atomic mass is 32.1. The number of fused-ring (bicyclic) bond motifs is 8. The number of rotatable bonds is 5. The van der Waals surface area contributed by atoms with Gasteiger partial charge in [-0.3, -0.25) is 0 Å². The highest BCUT2D eigenvalue weighted by Crippen LogP contribution is 2.54. The SMILES string of the molecule is CC(C)(C)c1ccc(N2c3cc(N(c4ccccc4)c4ccccc4)cc4c3B(c3sc5ccccc5c32)N2c3ccccc3[Si](C)(C)c3cccc-4c32)c(-c2ccccc2)c1. The molecule has 3 aliphatic rings. The van der Waals surface area contributed by atoms with Gasteiger partial charge in [0.2, 0.25) is 0 Å². The predicted molar refractivity (Wildman–Crippen MR) is 271 cm³/mol. The van der Waals surface area contributed by atoms with Crippen LogP contribution < -0.4 is 35.2 Å². The van der Waals surface area contributed by atoms with E-state index in [1.165, 1.54) is 87.0 Å². The lowest BCUT2D eigenvalue weighted by molar-refractivity contribution is 0.590. The summed E-state index contributed by atoms with van der Waals surface area (Å²) in [5, 5.41) is 4.29. The normalized spacial score (nSPS) is 14.2. The van der Waals surface area contributed by atoms with E-state index in [0.29, 0.717) is 0 Å². The van der Waals surface area contributed by atoms with E-state index < -0.39 is 8.07 Å². The van der Waals surface area contributed by atoms with Gasteiger partial charge in [-0.15, -0.1) is 11.3 Å². The number of anilines is 8. The van der Waals surface area contributed by atoms with Gasteiger partial charge in [0.25, 0.3) is 0 Å². The van der Waals surface area contributed by atoms with Crippen molar-refractivity contribution in [3.8, 4) is 22.3 Å². The van der Waals surface area contributed by atoms with Crippen LogP contribution >= 0.6 is 11.3 Å². The molecule has 3 aliphatic heterocycles. The van der Waals surface area contributed by atoms with Gasteiger partial charge in [-0.2, -0.15) is 0 Å². The summed E-state index contributed by atoms with van der Waals surface area (Å²) in [5.41, 5.74) is 17.5. The zero-order valence-electron chi connectivity index (χ0n) is 35.7. The molecule has 0 bridgehead atoms. The highest BCUT2D eigenvalue weighted by Gasteiger charge is 2.52. The molecule has 8 aromatic carbocycles. The Kier molecular flexibility index (Phi) is 8.22. The molecule has 0 fully saturated rings. The van der Waals surface area contributed by atoms with Crippen LogP contribution in [0.2, 0.25) is 13.1 Å². The van der Waals surface area contributed by atoms with Crippen molar-refractivity contribution in [2.24, 2.45) is 0 Å². The average Bonchev–Trinajstić information content (AvgIpc) is 3.69.